The van der Waals surface area contributed by atoms with Gasteiger partial charge in [-0.05, 0) is 79.8 Å². The fourth-order valence-corrected chi connectivity index (χ4v) is 10.0. The van der Waals surface area contributed by atoms with Gasteiger partial charge in [0, 0.05) is 37.4 Å². The molecule has 2 saturated heterocycles. The fourth-order valence-electron chi connectivity index (χ4n) is 9.72. The van der Waals surface area contributed by atoms with Crippen LogP contribution in [0.15, 0.2) is 90.1 Å². The van der Waals surface area contributed by atoms with Crippen molar-refractivity contribution in [2.45, 2.75) is 57.6 Å². The van der Waals surface area contributed by atoms with Gasteiger partial charge in [-0.25, -0.2) is 19.2 Å². The van der Waals surface area contributed by atoms with E-state index in [4.69, 9.17) is 40.0 Å². The summed E-state index contributed by atoms with van der Waals surface area (Å²) in [6, 6.07) is 18.3. The molecule has 69 heavy (non-hydrogen) atoms. The van der Waals surface area contributed by atoms with Crippen LogP contribution in [0.1, 0.15) is 53.6 Å². The van der Waals surface area contributed by atoms with E-state index in [1.165, 1.54) is 25.4 Å². The molecule has 10 rings (SSSR count). The second kappa shape index (κ2) is 18.6. The summed E-state index contributed by atoms with van der Waals surface area (Å²) >= 11 is 7.18. The highest BCUT2D eigenvalue weighted by atomic mass is 35.5. The molecule has 20 heteroatoms. The van der Waals surface area contributed by atoms with E-state index in [2.05, 4.69) is 25.6 Å². The first-order chi connectivity index (χ1) is 33.0. The number of aryl methyl sites for hydroxylation is 1. The van der Waals surface area contributed by atoms with Gasteiger partial charge in [0.05, 0.1) is 72.1 Å². The summed E-state index contributed by atoms with van der Waals surface area (Å²) < 4.78 is 99.7. The first-order valence-corrected chi connectivity index (χ1v) is 22.2. The Kier molecular flexibility index (Phi) is 12.7. The van der Waals surface area contributed by atoms with Gasteiger partial charge in [0.25, 0.3) is 0 Å². The minimum Gasteiger partial charge on any atom is -0.497 e. The van der Waals surface area contributed by atoms with Crippen molar-refractivity contribution in [2.75, 3.05) is 58.0 Å². The molecule has 5 aromatic rings. The van der Waals surface area contributed by atoms with E-state index in [1.54, 1.807) is 74.5 Å². The predicted octanol–water partition coefficient (Wildman–Crippen LogP) is 8.29. The van der Waals surface area contributed by atoms with Crippen LogP contribution < -0.4 is 40.3 Å². The number of fused-ring (bicyclic) bond motifs is 1. The number of aromatic nitrogens is 2. The van der Waals surface area contributed by atoms with Gasteiger partial charge in [-0.1, -0.05) is 41.9 Å². The number of alkyl halides is 3. The maximum Gasteiger partial charge on any atom is 0.418 e. The van der Waals surface area contributed by atoms with Crippen LogP contribution in [0.4, 0.5) is 34.0 Å². The molecule has 5 aliphatic rings. The number of hydrogen-bond donors (Lipinski definition) is 3. The molecular formula is C49H48ClF4N7O8. The summed E-state index contributed by atoms with van der Waals surface area (Å²) in [7, 11) is 4.71. The topological polar surface area (TPSA) is 161 Å². The molecule has 2 bridgehead atoms. The molecule has 15 nitrogen and oxygen atoms in total. The molecular weight excluding hydrogens is 926 g/mol. The van der Waals surface area contributed by atoms with E-state index in [-0.39, 0.29) is 71.3 Å². The van der Waals surface area contributed by atoms with Gasteiger partial charge in [0.1, 0.15) is 47.8 Å². The minimum atomic E-state index is -5.04. The lowest BCUT2D eigenvalue weighted by atomic mass is 9.63. The average Bonchev–Trinajstić information content (AvgIpc) is 3.80. The standard InChI is InChI=1S/C49H48ClF4N7O8/c1-27-17-34(60(18-29-8-12-31(65-4)13-9-29)19-30-10-14-32(66-5)15-11-30)58-41(38(27)49(52,53)54)36-39(50)42-37-43(40(36)51)69-35(67-25-48-21-47(22-48,23-64-3)24-68-48)20-61(45(37)57-26-56-42)28(2)33-7-6-16-55-44(33)59-46(62)63/h6-17,20,28,57H,18-19,21-26H2,1-5H3,(H,55,59)(H,62,63). The number of carboxylic acid groups (broad SMARTS) is 1. The number of ether oxygens (including phenoxy) is 6. The number of nitrogens with zero attached hydrogens (tertiary/aromatic N) is 5. The quantitative estimate of drug-likeness (QED) is 0.0812. The SMILES string of the molecule is COCC12COC(COC3=CN(C(C)c4cccnc4NC(=O)O)C4=c5c(c(F)c(-c6nc(N(Cc7ccc(OC)cc7)Cc7ccc(OC)cc7)cc(C)c6C(F)(F)F)c(Cl)c5=NCN4)O3)(C1)C2. The zero-order valence-corrected chi connectivity index (χ0v) is 38.9. The van der Waals surface area contributed by atoms with Crippen molar-refractivity contribution in [3.8, 4) is 28.5 Å². The second-order valence-electron chi connectivity index (χ2n) is 17.5. The first-order valence-electron chi connectivity index (χ1n) is 21.9. The molecule has 1 amide bonds. The molecule has 0 radical (unpaired) electrons. The molecule has 3 fully saturated rings. The van der Waals surface area contributed by atoms with Gasteiger partial charge < -0.3 is 48.6 Å². The Bertz CT molecular complexity index is 2900. The molecule has 1 atom stereocenters. The normalized spacial score (nSPS) is 19.4. The number of anilines is 2. The van der Waals surface area contributed by atoms with Gasteiger partial charge in [-0.3, -0.25) is 10.3 Å². The zero-order chi connectivity index (χ0) is 48.8. The Hall–Kier alpha value is -6.83. The third-order valence-corrected chi connectivity index (χ3v) is 13.2. The number of pyridine rings is 2. The number of amides is 1. The van der Waals surface area contributed by atoms with Crippen LogP contribution in [0.2, 0.25) is 5.02 Å². The third-order valence-electron chi connectivity index (χ3n) is 12.8. The van der Waals surface area contributed by atoms with Gasteiger partial charge >= 0.3 is 18.2 Å². The Morgan fingerprint density at radius 1 is 1.03 bits per heavy atom. The average molecular weight is 974 g/mol. The van der Waals surface area contributed by atoms with E-state index in [9.17, 15) is 9.90 Å². The largest absolute Gasteiger partial charge is 0.497 e. The van der Waals surface area contributed by atoms with Crippen molar-refractivity contribution in [1.29, 1.82) is 0 Å². The van der Waals surface area contributed by atoms with Crippen LogP contribution in [-0.4, -0.2) is 79.5 Å². The van der Waals surface area contributed by atoms with Crippen molar-refractivity contribution in [3.05, 3.63) is 134 Å². The highest BCUT2D eigenvalue weighted by molar-refractivity contribution is 6.33. The summed E-state index contributed by atoms with van der Waals surface area (Å²) in [6.07, 6.45) is -2.25. The number of rotatable bonds is 16. The van der Waals surface area contributed by atoms with Crippen LogP contribution in [0.25, 0.3) is 17.1 Å². The van der Waals surface area contributed by atoms with Crippen molar-refractivity contribution in [2.24, 2.45) is 10.4 Å². The molecule has 362 valence electrons. The number of hydrogen-bond acceptors (Lipinski definition) is 13. The van der Waals surface area contributed by atoms with Crippen LogP contribution in [-0.2, 0) is 33.5 Å². The van der Waals surface area contributed by atoms with Gasteiger partial charge in [-0.2, -0.15) is 13.2 Å². The second-order valence-corrected chi connectivity index (χ2v) is 17.9. The fraction of sp³-hybridized carbons (Fsp3) is 0.347. The van der Waals surface area contributed by atoms with E-state index in [0.717, 1.165) is 11.1 Å². The Morgan fingerprint density at radius 3 is 2.30 bits per heavy atom. The van der Waals surface area contributed by atoms with Crippen molar-refractivity contribution >= 4 is 35.2 Å². The molecule has 3 N–H and O–H groups in total. The van der Waals surface area contributed by atoms with E-state index < -0.39 is 57.3 Å². The van der Waals surface area contributed by atoms with Crippen LogP contribution in [0, 0.1) is 18.2 Å². The van der Waals surface area contributed by atoms with Gasteiger partial charge in [-0.15, -0.1) is 0 Å². The third kappa shape index (κ3) is 9.13. The Labute approximate surface area is 398 Å². The minimum absolute atomic E-state index is 0.0223. The molecule has 3 aromatic carbocycles. The molecule has 1 saturated carbocycles. The lowest BCUT2D eigenvalue weighted by Gasteiger charge is -2.43. The van der Waals surface area contributed by atoms with Crippen molar-refractivity contribution in [3.63, 3.8) is 0 Å². The molecule has 2 aromatic heterocycles. The summed E-state index contributed by atoms with van der Waals surface area (Å²) in [5.74, 6) is -0.508. The van der Waals surface area contributed by atoms with E-state index >= 15 is 17.6 Å². The van der Waals surface area contributed by atoms with E-state index in [0.29, 0.717) is 43.1 Å². The van der Waals surface area contributed by atoms with Crippen LogP contribution in [0.5, 0.6) is 17.2 Å². The predicted molar refractivity (Wildman–Crippen MR) is 245 cm³/mol. The molecule has 6 heterocycles. The number of benzene rings is 3. The molecule has 1 aliphatic carbocycles. The van der Waals surface area contributed by atoms with Gasteiger partial charge in [0.15, 0.2) is 11.6 Å². The Morgan fingerprint density at radius 2 is 1.70 bits per heavy atom. The number of carbonyl (C=O) groups is 1. The van der Waals surface area contributed by atoms with Crippen LogP contribution >= 0.6 is 11.6 Å². The molecule has 0 spiro atoms. The number of halogens is 5. The number of nitrogens with one attached hydrogen (secondary N) is 2. The lowest BCUT2D eigenvalue weighted by Crippen LogP contribution is -2.49. The molecule has 1 unspecified atom stereocenters. The highest BCUT2D eigenvalue weighted by Gasteiger charge is 2.63. The summed E-state index contributed by atoms with van der Waals surface area (Å²) in [5.41, 5.74) is -1.82. The van der Waals surface area contributed by atoms with Crippen molar-refractivity contribution in [1.82, 2.24) is 20.2 Å². The highest BCUT2D eigenvalue weighted by Crippen LogP contribution is 2.58. The Balaban J connectivity index is 1.21. The lowest BCUT2D eigenvalue weighted by molar-refractivity contribution is -0.137. The summed E-state index contributed by atoms with van der Waals surface area (Å²) in [4.78, 5) is 28.8. The number of methoxy groups -OCH3 is 3. The van der Waals surface area contributed by atoms with Crippen molar-refractivity contribution < 1.29 is 55.9 Å². The maximum absolute atomic E-state index is 18.1. The summed E-state index contributed by atoms with van der Waals surface area (Å²) in [6.45, 7) is 4.16. The van der Waals surface area contributed by atoms with Crippen LogP contribution in [0.3, 0.4) is 0 Å². The monoisotopic (exact) mass is 973 g/mol. The first kappa shape index (κ1) is 47.2. The smallest absolute Gasteiger partial charge is 0.418 e. The summed E-state index contributed by atoms with van der Waals surface area (Å²) in [5, 5.41) is 14.6. The molecule has 4 aliphatic heterocycles. The van der Waals surface area contributed by atoms with Gasteiger partial charge in [0.2, 0.25) is 0 Å². The maximum atomic E-state index is 18.1. The van der Waals surface area contributed by atoms with E-state index in [1.807, 2.05) is 24.3 Å². The zero-order valence-electron chi connectivity index (χ0n) is 38.2.